The lowest BCUT2D eigenvalue weighted by Gasteiger charge is -2.10. The molecule has 11 aromatic rings. The number of thiophene rings is 1. The average Bonchev–Trinajstić information content (AvgIpc) is 3.85. The third-order valence-electron chi connectivity index (χ3n) is 10.5. The van der Waals surface area contributed by atoms with Gasteiger partial charge in [-0.1, -0.05) is 158 Å². The van der Waals surface area contributed by atoms with Crippen LogP contribution in [0.25, 0.3) is 110 Å². The Bertz CT molecular complexity index is 3230. The molecule has 5 heteroatoms. The summed E-state index contributed by atoms with van der Waals surface area (Å²) in [6, 6.07) is 65.6. The van der Waals surface area contributed by atoms with Crippen LogP contribution < -0.4 is 0 Å². The van der Waals surface area contributed by atoms with E-state index in [1.54, 1.807) is 0 Å². The molecule has 0 aliphatic carbocycles. The molecule has 0 aliphatic heterocycles. The van der Waals surface area contributed by atoms with Crippen molar-refractivity contribution >= 4 is 53.4 Å². The van der Waals surface area contributed by atoms with Gasteiger partial charge in [0.2, 0.25) is 0 Å². The SMILES string of the molecule is c1ccc(-c2ccc(-c3nc(-c4ccccc4)nc(-c4ccc5c(c4)oc4c(-c6cc(-c7ccccc7)c7c(c6)sc6ccccc67)cccc45)n3)cc2)cc1. The summed E-state index contributed by atoms with van der Waals surface area (Å²) in [7, 11) is 0. The maximum Gasteiger partial charge on any atom is 0.164 e. The number of fused-ring (bicyclic) bond motifs is 6. The first-order chi connectivity index (χ1) is 27.7. The third kappa shape index (κ3) is 5.56. The van der Waals surface area contributed by atoms with Gasteiger partial charge in [0.1, 0.15) is 11.2 Å². The van der Waals surface area contributed by atoms with Crippen molar-refractivity contribution in [2.24, 2.45) is 0 Å². The minimum Gasteiger partial charge on any atom is -0.455 e. The smallest absolute Gasteiger partial charge is 0.164 e. The molecule has 0 fully saturated rings. The zero-order valence-electron chi connectivity index (χ0n) is 30.1. The van der Waals surface area contributed by atoms with Crippen molar-refractivity contribution in [2.45, 2.75) is 0 Å². The molecule has 3 heterocycles. The van der Waals surface area contributed by atoms with E-state index in [0.29, 0.717) is 17.5 Å². The molecule has 3 aromatic heterocycles. The Kier molecular flexibility index (Phi) is 7.64. The van der Waals surface area contributed by atoms with Crippen molar-refractivity contribution in [3.05, 3.63) is 188 Å². The predicted molar refractivity (Wildman–Crippen MR) is 233 cm³/mol. The molecule has 0 unspecified atom stereocenters. The maximum absolute atomic E-state index is 6.83. The number of benzene rings is 8. The molecule has 0 saturated carbocycles. The van der Waals surface area contributed by atoms with Crippen molar-refractivity contribution in [3.63, 3.8) is 0 Å². The quantitative estimate of drug-likeness (QED) is 0.171. The second kappa shape index (κ2) is 13.3. The Hall–Kier alpha value is -7.21. The van der Waals surface area contributed by atoms with Gasteiger partial charge in [0.25, 0.3) is 0 Å². The van der Waals surface area contributed by atoms with Gasteiger partial charge in [0.05, 0.1) is 0 Å². The van der Waals surface area contributed by atoms with Crippen LogP contribution in [0.2, 0.25) is 0 Å². The van der Waals surface area contributed by atoms with Crippen LogP contribution in [0.15, 0.2) is 192 Å². The predicted octanol–water partition coefficient (Wildman–Crippen LogP) is 14.1. The molecule has 56 heavy (non-hydrogen) atoms. The first kappa shape index (κ1) is 32.2. The van der Waals surface area contributed by atoms with Crippen LogP contribution in [0.5, 0.6) is 0 Å². The van der Waals surface area contributed by atoms with Crippen LogP contribution in [0.1, 0.15) is 0 Å². The lowest BCUT2D eigenvalue weighted by molar-refractivity contribution is 0.670. The van der Waals surface area contributed by atoms with E-state index in [1.165, 1.54) is 36.9 Å². The van der Waals surface area contributed by atoms with Gasteiger partial charge in [-0.2, -0.15) is 0 Å². The summed E-state index contributed by atoms with van der Waals surface area (Å²) in [4.78, 5) is 15.0. The fourth-order valence-corrected chi connectivity index (χ4v) is 8.98. The summed E-state index contributed by atoms with van der Waals surface area (Å²) in [5.41, 5.74) is 11.3. The van der Waals surface area contributed by atoms with Gasteiger partial charge >= 0.3 is 0 Å². The van der Waals surface area contributed by atoms with E-state index in [1.807, 2.05) is 47.7 Å². The first-order valence-electron chi connectivity index (χ1n) is 18.7. The molecule has 0 amide bonds. The van der Waals surface area contributed by atoms with Crippen LogP contribution in [0.3, 0.4) is 0 Å². The standard InChI is InChI=1S/C51H31N3OS/c1-4-13-32(14-5-1)33-23-25-36(26-24-33)50-52-49(35-17-8-3-9-18-35)53-51(54-50)37-27-28-40-41-21-12-20-39(48(41)55-44(40)30-37)38-29-43(34-15-6-2-7-16-34)47-42-19-10-11-22-45(42)56-46(47)31-38/h1-31H. The molecular weight excluding hydrogens is 703 g/mol. The van der Waals surface area contributed by atoms with E-state index in [0.717, 1.165) is 55.3 Å². The number of furan rings is 1. The number of hydrogen-bond acceptors (Lipinski definition) is 5. The zero-order chi connectivity index (χ0) is 37.0. The molecular formula is C51H31N3OS. The fraction of sp³-hybridized carbons (Fsp3) is 0. The van der Waals surface area contributed by atoms with E-state index in [4.69, 9.17) is 19.4 Å². The normalized spacial score (nSPS) is 11.6. The minimum absolute atomic E-state index is 0.589. The van der Waals surface area contributed by atoms with Crippen LogP contribution >= 0.6 is 11.3 Å². The topological polar surface area (TPSA) is 51.8 Å². The molecule has 0 aliphatic rings. The van der Waals surface area contributed by atoms with Gasteiger partial charge in [-0.25, -0.2) is 15.0 Å². The maximum atomic E-state index is 6.83. The van der Waals surface area contributed by atoms with Gasteiger partial charge in [-0.05, 0) is 58.1 Å². The third-order valence-corrected chi connectivity index (χ3v) is 11.7. The van der Waals surface area contributed by atoms with Crippen LogP contribution in [0.4, 0.5) is 0 Å². The summed E-state index contributed by atoms with van der Waals surface area (Å²) in [5, 5.41) is 4.70. The highest BCUT2D eigenvalue weighted by Gasteiger charge is 2.19. The molecule has 11 rings (SSSR count). The lowest BCUT2D eigenvalue weighted by atomic mass is 9.94. The van der Waals surface area contributed by atoms with Gasteiger partial charge in [-0.15, -0.1) is 11.3 Å². The number of rotatable bonds is 6. The second-order valence-electron chi connectivity index (χ2n) is 14.0. The molecule has 0 radical (unpaired) electrons. The lowest BCUT2D eigenvalue weighted by Crippen LogP contribution is -2.00. The van der Waals surface area contributed by atoms with E-state index < -0.39 is 0 Å². The van der Waals surface area contributed by atoms with Gasteiger partial charge < -0.3 is 4.42 Å². The van der Waals surface area contributed by atoms with Gasteiger partial charge in [0.15, 0.2) is 17.5 Å². The molecule has 0 saturated heterocycles. The minimum atomic E-state index is 0.589. The number of aromatic nitrogens is 3. The van der Waals surface area contributed by atoms with Crippen LogP contribution in [-0.4, -0.2) is 15.0 Å². The van der Waals surface area contributed by atoms with Crippen molar-refractivity contribution in [1.82, 2.24) is 15.0 Å². The van der Waals surface area contributed by atoms with E-state index in [-0.39, 0.29) is 0 Å². The summed E-state index contributed by atoms with van der Waals surface area (Å²) in [6.45, 7) is 0. The Labute approximate surface area is 327 Å². The molecule has 0 atom stereocenters. The van der Waals surface area contributed by atoms with Crippen LogP contribution in [0, 0.1) is 0 Å². The molecule has 4 nitrogen and oxygen atoms in total. The van der Waals surface area contributed by atoms with Crippen molar-refractivity contribution in [2.75, 3.05) is 0 Å². The summed E-state index contributed by atoms with van der Waals surface area (Å²) in [6.07, 6.45) is 0. The fourth-order valence-electron chi connectivity index (χ4n) is 7.81. The molecule has 0 N–H and O–H groups in total. The molecule has 8 aromatic carbocycles. The Morgan fingerprint density at radius 3 is 1.62 bits per heavy atom. The van der Waals surface area contributed by atoms with Crippen molar-refractivity contribution < 1.29 is 4.42 Å². The van der Waals surface area contributed by atoms with E-state index in [9.17, 15) is 0 Å². The molecule has 0 bridgehead atoms. The highest BCUT2D eigenvalue weighted by atomic mass is 32.1. The van der Waals surface area contributed by atoms with E-state index >= 15 is 0 Å². The summed E-state index contributed by atoms with van der Waals surface area (Å²) in [5.74, 6) is 1.83. The van der Waals surface area contributed by atoms with Gasteiger partial charge in [0, 0.05) is 53.2 Å². The number of hydrogen-bond donors (Lipinski definition) is 0. The number of para-hydroxylation sites is 1. The number of nitrogens with zero attached hydrogens (tertiary/aromatic N) is 3. The molecule has 262 valence electrons. The van der Waals surface area contributed by atoms with Crippen molar-refractivity contribution in [1.29, 1.82) is 0 Å². The monoisotopic (exact) mass is 733 g/mol. The Morgan fingerprint density at radius 1 is 0.339 bits per heavy atom. The zero-order valence-corrected chi connectivity index (χ0v) is 30.9. The summed E-state index contributed by atoms with van der Waals surface area (Å²) < 4.78 is 9.38. The Balaban J connectivity index is 1.05. The summed E-state index contributed by atoms with van der Waals surface area (Å²) >= 11 is 1.84. The van der Waals surface area contributed by atoms with Crippen molar-refractivity contribution in [3.8, 4) is 67.5 Å². The first-order valence-corrected chi connectivity index (χ1v) is 19.5. The van der Waals surface area contributed by atoms with Crippen LogP contribution in [-0.2, 0) is 0 Å². The molecule has 0 spiro atoms. The van der Waals surface area contributed by atoms with E-state index in [2.05, 4.69) is 152 Å². The average molecular weight is 734 g/mol. The highest BCUT2D eigenvalue weighted by Crippen LogP contribution is 2.45. The Morgan fingerprint density at radius 2 is 0.893 bits per heavy atom. The largest absolute Gasteiger partial charge is 0.455 e. The van der Waals surface area contributed by atoms with Gasteiger partial charge in [-0.3, -0.25) is 0 Å². The second-order valence-corrected chi connectivity index (χ2v) is 15.1. The highest BCUT2D eigenvalue weighted by molar-refractivity contribution is 7.26.